The number of carbonyl (C=O) groups is 1. The van der Waals surface area contributed by atoms with Crippen LogP contribution in [-0.4, -0.2) is 42.6 Å². The molecule has 1 aliphatic rings. The van der Waals surface area contributed by atoms with Gasteiger partial charge < -0.3 is 15.4 Å². The number of benzene rings is 1. The number of hydrogen-bond donors (Lipinski definition) is 1. The molecule has 2 N–H and O–H groups in total. The zero-order chi connectivity index (χ0) is 14.0. The van der Waals surface area contributed by atoms with Crippen molar-refractivity contribution < 1.29 is 13.9 Å². The molecule has 0 aromatic heterocycles. The highest BCUT2D eigenvalue weighted by Crippen LogP contribution is 2.22. The normalized spacial score (nSPS) is 21.3. The first kappa shape index (κ1) is 14.4. The fourth-order valence-corrected chi connectivity index (χ4v) is 2.45. The van der Waals surface area contributed by atoms with Gasteiger partial charge in [0, 0.05) is 19.1 Å². The molecule has 104 valence electrons. The molecule has 19 heavy (non-hydrogen) atoms. The van der Waals surface area contributed by atoms with E-state index in [1.165, 1.54) is 12.1 Å². The van der Waals surface area contributed by atoms with Crippen molar-refractivity contribution >= 4 is 21.8 Å². The Hall–Kier alpha value is -0.980. The van der Waals surface area contributed by atoms with Crippen molar-refractivity contribution in [3.05, 3.63) is 34.1 Å². The van der Waals surface area contributed by atoms with Crippen molar-refractivity contribution in [2.75, 3.05) is 19.7 Å². The molecule has 0 bridgehead atoms. The molecule has 2 rings (SSSR count). The van der Waals surface area contributed by atoms with E-state index in [0.717, 1.165) is 0 Å². The molecule has 2 unspecified atom stereocenters. The van der Waals surface area contributed by atoms with Crippen molar-refractivity contribution in [3.63, 3.8) is 0 Å². The minimum Gasteiger partial charge on any atom is -0.373 e. The molecular formula is C13H16BrFN2O2. The lowest BCUT2D eigenvalue weighted by Gasteiger charge is -2.34. The summed E-state index contributed by atoms with van der Waals surface area (Å²) in [7, 11) is 0. The molecule has 1 aromatic rings. The van der Waals surface area contributed by atoms with E-state index in [1.54, 1.807) is 11.0 Å². The average Bonchev–Trinajstić information content (AvgIpc) is 2.41. The highest BCUT2D eigenvalue weighted by atomic mass is 79.9. The van der Waals surface area contributed by atoms with Gasteiger partial charge in [0.25, 0.3) is 5.91 Å². The Bertz CT molecular complexity index is 482. The van der Waals surface area contributed by atoms with Crippen LogP contribution in [0.2, 0.25) is 0 Å². The lowest BCUT2D eigenvalue weighted by atomic mass is 10.1. The molecule has 1 heterocycles. The fourth-order valence-electron chi connectivity index (χ4n) is 2.02. The Morgan fingerprint density at radius 3 is 3.05 bits per heavy atom. The number of nitrogens with two attached hydrogens (primary N) is 1. The van der Waals surface area contributed by atoms with Crippen LogP contribution in [0.5, 0.6) is 0 Å². The van der Waals surface area contributed by atoms with Gasteiger partial charge in [0.15, 0.2) is 0 Å². The van der Waals surface area contributed by atoms with E-state index in [4.69, 9.17) is 10.5 Å². The van der Waals surface area contributed by atoms with Crippen LogP contribution in [0.1, 0.15) is 17.3 Å². The zero-order valence-corrected chi connectivity index (χ0v) is 12.2. The van der Waals surface area contributed by atoms with E-state index in [-0.39, 0.29) is 22.5 Å². The molecule has 1 aliphatic heterocycles. The number of nitrogens with zero attached hydrogens (tertiary/aromatic N) is 1. The summed E-state index contributed by atoms with van der Waals surface area (Å²) in [6.07, 6.45) is -0.176. The first-order chi connectivity index (χ1) is 9.00. The van der Waals surface area contributed by atoms with Crippen molar-refractivity contribution in [2.24, 2.45) is 5.73 Å². The molecule has 1 amide bonds. The van der Waals surface area contributed by atoms with Crippen LogP contribution >= 0.6 is 15.9 Å². The summed E-state index contributed by atoms with van der Waals surface area (Å²) in [4.78, 5) is 14.0. The van der Waals surface area contributed by atoms with Gasteiger partial charge >= 0.3 is 0 Å². The Morgan fingerprint density at radius 1 is 1.63 bits per heavy atom. The molecule has 1 saturated heterocycles. The highest BCUT2D eigenvalue weighted by molar-refractivity contribution is 9.10. The SMILES string of the molecule is CC(N)C1CN(C(=O)c2cccc(F)c2Br)CCO1. The summed E-state index contributed by atoms with van der Waals surface area (Å²) in [6, 6.07) is 4.29. The number of amides is 1. The molecule has 6 heteroatoms. The second-order valence-corrected chi connectivity index (χ2v) is 5.41. The van der Waals surface area contributed by atoms with Gasteiger partial charge in [-0.3, -0.25) is 4.79 Å². The number of halogens is 2. The maximum atomic E-state index is 13.4. The topological polar surface area (TPSA) is 55.6 Å². The largest absolute Gasteiger partial charge is 0.373 e. The van der Waals surface area contributed by atoms with Gasteiger partial charge in [0.2, 0.25) is 0 Å². The first-order valence-electron chi connectivity index (χ1n) is 6.11. The number of rotatable bonds is 2. The number of hydrogen-bond acceptors (Lipinski definition) is 3. The Kier molecular flexibility index (Phi) is 4.54. The molecular weight excluding hydrogens is 315 g/mol. The van der Waals surface area contributed by atoms with Crippen LogP contribution in [0.15, 0.2) is 22.7 Å². The Morgan fingerprint density at radius 2 is 2.37 bits per heavy atom. The van der Waals surface area contributed by atoms with Gasteiger partial charge in [-0.25, -0.2) is 4.39 Å². The summed E-state index contributed by atoms with van der Waals surface area (Å²) < 4.78 is 19.2. The van der Waals surface area contributed by atoms with Gasteiger partial charge in [0.05, 0.1) is 22.7 Å². The van der Waals surface area contributed by atoms with Gasteiger partial charge in [0.1, 0.15) is 5.82 Å². The summed E-state index contributed by atoms with van der Waals surface area (Å²) in [6.45, 7) is 3.21. The van der Waals surface area contributed by atoms with Crippen molar-refractivity contribution in [3.8, 4) is 0 Å². The van der Waals surface area contributed by atoms with Crippen LogP contribution < -0.4 is 5.73 Å². The predicted molar refractivity (Wildman–Crippen MR) is 73.4 cm³/mol. The smallest absolute Gasteiger partial charge is 0.255 e. The predicted octanol–water partition coefficient (Wildman–Crippen LogP) is 1.78. The van der Waals surface area contributed by atoms with Gasteiger partial charge in [-0.1, -0.05) is 6.07 Å². The maximum absolute atomic E-state index is 13.4. The lowest BCUT2D eigenvalue weighted by Crippen LogP contribution is -2.51. The van der Waals surface area contributed by atoms with E-state index < -0.39 is 5.82 Å². The molecule has 1 fully saturated rings. The number of morpholine rings is 1. The summed E-state index contributed by atoms with van der Waals surface area (Å²) in [5.74, 6) is -0.650. The lowest BCUT2D eigenvalue weighted by molar-refractivity contribution is -0.0300. The van der Waals surface area contributed by atoms with Gasteiger partial charge in [-0.05, 0) is 35.0 Å². The van der Waals surface area contributed by atoms with E-state index in [9.17, 15) is 9.18 Å². The zero-order valence-electron chi connectivity index (χ0n) is 10.6. The van der Waals surface area contributed by atoms with Crippen LogP contribution in [0, 0.1) is 5.82 Å². The third-order valence-corrected chi connectivity index (χ3v) is 3.96. The van der Waals surface area contributed by atoms with Crippen molar-refractivity contribution in [1.82, 2.24) is 4.90 Å². The van der Waals surface area contributed by atoms with E-state index in [0.29, 0.717) is 25.3 Å². The van der Waals surface area contributed by atoms with E-state index in [2.05, 4.69) is 15.9 Å². The third-order valence-electron chi connectivity index (χ3n) is 3.15. The van der Waals surface area contributed by atoms with Crippen LogP contribution in [-0.2, 0) is 4.74 Å². The molecule has 1 aromatic carbocycles. The second-order valence-electron chi connectivity index (χ2n) is 4.62. The molecule has 4 nitrogen and oxygen atoms in total. The third kappa shape index (κ3) is 3.13. The van der Waals surface area contributed by atoms with Crippen LogP contribution in [0.25, 0.3) is 0 Å². The van der Waals surface area contributed by atoms with Crippen LogP contribution in [0.4, 0.5) is 4.39 Å². The fraction of sp³-hybridized carbons (Fsp3) is 0.462. The first-order valence-corrected chi connectivity index (χ1v) is 6.90. The quantitative estimate of drug-likeness (QED) is 0.899. The number of ether oxygens (including phenoxy) is 1. The Balaban J connectivity index is 2.17. The highest BCUT2D eigenvalue weighted by Gasteiger charge is 2.28. The van der Waals surface area contributed by atoms with Gasteiger partial charge in [-0.2, -0.15) is 0 Å². The molecule has 2 atom stereocenters. The second kappa shape index (κ2) is 5.98. The molecule has 0 saturated carbocycles. The summed E-state index contributed by atoms with van der Waals surface area (Å²) >= 11 is 3.11. The Labute approximate surface area is 119 Å². The average molecular weight is 331 g/mol. The van der Waals surface area contributed by atoms with Crippen molar-refractivity contribution in [1.29, 1.82) is 0 Å². The monoisotopic (exact) mass is 330 g/mol. The molecule has 0 spiro atoms. The van der Waals surface area contributed by atoms with Crippen LogP contribution in [0.3, 0.4) is 0 Å². The molecule has 0 aliphatic carbocycles. The van der Waals surface area contributed by atoms with Gasteiger partial charge in [-0.15, -0.1) is 0 Å². The number of carbonyl (C=O) groups excluding carboxylic acids is 1. The minimum atomic E-state index is -0.442. The molecule has 0 radical (unpaired) electrons. The maximum Gasteiger partial charge on any atom is 0.255 e. The standard InChI is InChI=1S/C13H16BrFN2O2/c1-8(16)11-7-17(5-6-19-11)13(18)9-3-2-4-10(15)12(9)14/h2-4,8,11H,5-7,16H2,1H3. The summed E-state index contributed by atoms with van der Waals surface area (Å²) in [5.41, 5.74) is 6.11. The van der Waals surface area contributed by atoms with Crippen molar-refractivity contribution in [2.45, 2.75) is 19.1 Å². The summed E-state index contributed by atoms with van der Waals surface area (Å²) in [5, 5.41) is 0. The minimum absolute atomic E-state index is 0.147. The van der Waals surface area contributed by atoms with E-state index >= 15 is 0 Å². The van der Waals surface area contributed by atoms with E-state index in [1.807, 2.05) is 6.92 Å².